The van der Waals surface area contributed by atoms with Crippen molar-refractivity contribution in [1.82, 2.24) is 14.8 Å². The molecule has 0 radical (unpaired) electrons. The summed E-state index contributed by atoms with van der Waals surface area (Å²) in [6.07, 6.45) is 0. The number of aryl methyl sites for hydroxylation is 1. The van der Waals surface area contributed by atoms with Crippen LogP contribution in [0.25, 0.3) is 17.1 Å². The lowest BCUT2D eigenvalue weighted by molar-refractivity contribution is 0.584. The summed E-state index contributed by atoms with van der Waals surface area (Å²) in [6, 6.07) is 12.7. The molecule has 2 aromatic carbocycles. The maximum absolute atomic E-state index is 13.4. The van der Waals surface area contributed by atoms with E-state index >= 15 is 0 Å². The van der Waals surface area contributed by atoms with E-state index in [4.69, 9.17) is 0 Å². The molecule has 0 N–H and O–H groups in total. The van der Waals surface area contributed by atoms with E-state index in [-0.39, 0.29) is 0 Å². The monoisotopic (exact) mass is 271 g/mol. The van der Waals surface area contributed by atoms with Crippen LogP contribution in [0.1, 0.15) is 5.82 Å². The third kappa shape index (κ3) is 2.18. The predicted octanol–water partition coefficient (Wildman–Crippen LogP) is 3.52. The Morgan fingerprint density at radius 1 is 0.900 bits per heavy atom. The van der Waals surface area contributed by atoms with Gasteiger partial charge in [0.2, 0.25) is 0 Å². The van der Waals surface area contributed by atoms with Crippen LogP contribution < -0.4 is 0 Å². The molecule has 0 saturated heterocycles. The molecule has 0 aliphatic carbocycles. The van der Waals surface area contributed by atoms with Crippen LogP contribution in [-0.4, -0.2) is 14.8 Å². The number of hydrogen-bond donors (Lipinski definition) is 0. The second-order valence-corrected chi connectivity index (χ2v) is 4.40. The molecule has 1 aromatic heterocycles. The number of benzene rings is 2. The standard InChI is InChI=1S/C15H11F2N3/c1-10-18-19-15(11-7-12(16)9-13(17)8-11)20(10)14-5-3-2-4-6-14/h2-9H,1H3. The first kappa shape index (κ1) is 12.5. The van der Waals surface area contributed by atoms with E-state index in [1.54, 1.807) is 11.5 Å². The van der Waals surface area contributed by atoms with Gasteiger partial charge in [-0.15, -0.1) is 10.2 Å². The lowest BCUT2D eigenvalue weighted by atomic mass is 10.2. The minimum atomic E-state index is -0.639. The summed E-state index contributed by atoms with van der Waals surface area (Å²) in [6.45, 7) is 1.79. The van der Waals surface area contributed by atoms with Crippen molar-refractivity contribution in [1.29, 1.82) is 0 Å². The lowest BCUT2D eigenvalue weighted by Gasteiger charge is -2.08. The second kappa shape index (κ2) is 4.85. The van der Waals surface area contributed by atoms with Gasteiger partial charge in [0, 0.05) is 17.3 Å². The molecule has 1 heterocycles. The summed E-state index contributed by atoms with van der Waals surface area (Å²) in [5, 5.41) is 8.02. The Kier molecular flexibility index (Phi) is 3.02. The summed E-state index contributed by atoms with van der Waals surface area (Å²) < 4.78 is 28.5. The molecule has 5 heteroatoms. The van der Waals surface area contributed by atoms with Gasteiger partial charge in [-0.2, -0.15) is 0 Å². The topological polar surface area (TPSA) is 30.7 Å². The fourth-order valence-electron chi connectivity index (χ4n) is 2.12. The zero-order valence-electron chi connectivity index (χ0n) is 10.7. The van der Waals surface area contributed by atoms with Crippen LogP contribution in [0.4, 0.5) is 8.78 Å². The summed E-state index contributed by atoms with van der Waals surface area (Å²) in [5.41, 5.74) is 1.20. The number of nitrogens with zero attached hydrogens (tertiary/aromatic N) is 3. The van der Waals surface area contributed by atoms with Gasteiger partial charge >= 0.3 is 0 Å². The fourth-order valence-corrected chi connectivity index (χ4v) is 2.12. The molecule has 0 aliphatic heterocycles. The van der Waals surface area contributed by atoms with Crippen molar-refractivity contribution in [3.63, 3.8) is 0 Å². The average Bonchev–Trinajstić information content (AvgIpc) is 2.80. The van der Waals surface area contributed by atoms with Crippen molar-refractivity contribution in [2.75, 3.05) is 0 Å². The summed E-state index contributed by atoms with van der Waals surface area (Å²) in [4.78, 5) is 0. The Morgan fingerprint density at radius 3 is 2.20 bits per heavy atom. The van der Waals surface area contributed by atoms with Crippen molar-refractivity contribution in [2.45, 2.75) is 6.92 Å². The highest BCUT2D eigenvalue weighted by atomic mass is 19.1. The maximum Gasteiger partial charge on any atom is 0.168 e. The largest absolute Gasteiger partial charge is 0.279 e. The zero-order valence-corrected chi connectivity index (χ0v) is 10.7. The summed E-state index contributed by atoms with van der Waals surface area (Å²) in [7, 11) is 0. The van der Waals surface area contributed by atoms with Gasteiger partial charge in [0.1, 0.15) is 17.5 Å². The number of hydrogen-bond acceptors (Lipinski definition) is 2. The molecular formula is C15H11F2N3. The molecule has 3 aromatic rings. The number of rotatable bonds is 2. The van der Waals surface area contributed by atoms with Crippen LogP contribution in [0.2, 0.25) is 0 Å². The highest BCUT2D eigenvalue weighted by Crippen LogP contribution is 2.24. The van der Waals surface area contributed by atoms with Gasteiger partial charge in [-0.3, -0.25) is 4.57 Å². The molecule has 0 amide bonds. The Hall–Kier alpha value is -2.56. The van der Waals surface area contributed by atoms with Crippen molar-refractivity contribution >= 4 is 0 Å². The second-order valence-electron chi connectivity index (χ2n) is 4.40. The summed E-state index contributed by atoms with van der Waals surface area (Å²) >= 11 is 0. The van der Waals surface area contributed by atoms with E-state index in [0.717, 1.165) is 11.8 Å². The Balaban J connectivity index is 2.21. The molecule has 0 fully saturated rings. The summed E-state index contributed by atoms with van der Waals surface area (Å²) in [5.74, 6) is -0.219. The molecular weight excluding hydrogens is 260 g/mol. The number of para-hydroxylation sites is 1. The average molecular weight is 271 g/mol. The van der Waals surface area contributed by atoms with Crippen LogP contribution in [-0.2, 0) is 0 Å². The van der Waals surface area contributed by atoms with E-state index in [1.165, 1.54) is 12.1 Å². The van der Waals surface area contributed by atoms with Crippen molar-refractivity contribution in [2.24, 2.45) is 0 Å². The van der Waals surface area contributed by atoms with Crippen LogP contribution >= 0.6 is 0 Å². The van der Waals surface area contributed by atoms with E-state index in [1.807, 2.05) is 30.3 Å². The van der Waals surface area contributed by atoms with Crippen LogP contribution in [0.3, 0.4) is 0 Å². The quantitative estimate of drug-likeness (QED) is 0.714. The highest BCUT2D eigenvalue weighted by molar-refractivity contribution is 5.58. The van der Waals surface area contributed by atoms with Crippen LogP contribution in [0.15, 0.2) is 48.5 Å². The van der Waals surface area contributed by atoms with Crippen molar-refractivity contribution in [3.05, 3.63) is 66.0 Å². The van der Waals surface area contributed by atoms with E-state index in [2.05, 4.69) is 10.2 Å². The molecule has 0 bridgehead atoms. The first-order valence-corrected chi connectivity index (χ1v) is 6.09. The first-order valence-electron chi connectivity index (χ1n) is 6.09. The minimum absolute atomic E-state index is 0.354. The van der Waals surface area contributed by atoms with Crippen molar-refractivity contribution in [3.8, 4) is 17.1 Å². The van der Waals surface area contributed by atoms with Gasteiger partial charge in [0.15, 0.2) is 5.82 Å². The third-order valence-corrected chi connectivity index (χ3v) is 2.96. The van der Waals surface area contributed by atoms with Gasteiger partial charge in [-0.05, 0) is 31.2 Å². The number of halogens is 2. The molecule has 3 nitrogen and oxygen atoms in total. The fraction of sp³-hybridized carbons (Fsp3) is 0.0667. The molecule has 20 heavy (non-hydrogen) atoms. The maximum atomic E-state index is 13.4. The molecule has 0 saturated carbocycles. The molecule has 0 aliphatic rings. The van der Waals surface area contributed by atoms with Gasteiger partial charge < -0.3 is 0 Å². The molecule has 3 rings (SSSR count). The Bertz CT molecular complexity index is 731. The normalized spacial score (nSPS) is 10.8. The van der Waals surface area contributed by atoms with Gasteiger partial charge in [-0.25, -0.2) is 8.78 Å². The van der Waals surface area contributed by atoms with Gasteiger partial charge in [0.05, 0.1) is 0 Å². The minimum Gasteiger partial charge on any atom is -0.279 e. The Labute approximate surface area is 114 Å². The van der Waals surface area contributed by atoms with E-state index in [9.17, 15) is 8.78 Å². The van der Waals surface area contributed by atoms with Gasteiger partial charge in [0.25, 0.3) is 0 Å². The van der Waals surface area contributed by atoms with Crippen LogP contribution in [0, 0.1) is 18.6 Å². The first-order chi connectivity index (χ1) is 9.65. The smallest absolute Gasteiger partial charge is 0.168 e. The zero-order chi connectivity index (χ0) is 14.1. The molecule has 0 atom stereocenters. The van der Waals surface area contributed by atoms with Gasteiger partial charge in [-0.1, -0.05) is 18.2 Å². The Morgan fingerprint density at radius 2 is 1.55 bits per heavy atom. The highest BCUT2D eigenvalue weighted by Gasteiger charge is 2.14. The van der Waals surface area contributed by atoms with E-state index < -0.39 is 11.6 Å². The predicted molar refractivity (Wildman–Crippen MR) is 71.4 cm³/mol. The van der Waals surface area contributed by atoms with E-state index in [0.29, 0.717) is 17.2 Å². The third-order valence-electron chi connectivity index (χ3n) is 2.96. The molecule has 0 unspecified atom stereocenters. The molecule has 0 spiro atoms. The lowest BCUT2D eigenvalue weighted by Crippen LogP contribution is -2.00. The SMILES string of the molecule is Cc1nnc(-c2cc(F)cc(F)c2)n1-c1ccccc1. The number of aromatic nitrogens is 3. The van der Waals surface area contributed by atoms with Crippen molar-refractivity contribution < 1.29 is 8.78 Å². The molecule has 100 valence electrons. The van der Waals surface area contributed by atoms with Crippen LogP contribution in [0.5, 0.6) is 0 Å².